The molecule has 4 nitrogen and oxygen atoms in total. The lowest BCUT2D eigenvalue weighted by atomic mass is 10.0. The predicted molar refractivity (Wildman–Crippen MR) is 74.3 cm³/mol. The number of benzene rings is 1. The lowest BCUT2D eigenvalue weighted by Crippen LogP contribution is -2.43. The lowest BCUT2D eigenvalue weighted by Gasteiger charge is -2.36. The Labute approximate surface area is 112 Å². The first-order chi connectivity index (χ1) is 9.13. The maximum Gasteiger partial charge on any atom is 0.221 e. The van der Waals surface area contributed by atoms with Crippen LogP contribution >= 0.6 is 0 Å². The number of fused-ring (bicyclic) bond motifs is 2. The number of ketones is 1. The van der Waals surface area contributed by atoms with Gasteiger partial charge in [-0.1, -0.05) is 6.07 Å². The Morgan fingerprint density at radius 1 is 1.26 bits per heavy atom. The molecule has 2 fully saturated rings. The topological polar surface area (TPSA) is 49.4 Å². The van der Waals surface area contributed by atoms with Crippen LogP contribution in [-0.4, -0.2) is 23.8 Å². The van der Waals surface area contributed by atoms with Crippen LogP contribution in [-0.2, 0) is 9.59 Å². The number of carbonyl (C=O) groups excluding carboxylic acids is 2. The fourth-order valence-electron chi connectivity index (χ4n) is 3.34. The number of hydrogen-bond donors (Lipinski definition) is 1. The standard InChI is InChI=1S/C15H18N2O2/c1-10(18)16-11-3-2-4-12(7-11)17-13-5-6-14(17)9-15(19)8-13/h2-4,7,13-14H,5-6,8-9H2,1H3,(H,16,18). The summed E-state index contributed by atoms with van der Waals surface area (Å²) in [6.07, 6.45) is 3.53. The zero-order valence-electron chi connectivity index (χ0n) is 11.1. The normalized spacial score (nSPS) is 25.5. The van der Waals surface area contributed by atoms with E-state index in [-0.39, 0.29) is 5.91 Å². The Morgan fingerprint density at radius 2 is 1.95 bits per heavy atom. The lowest BCUT2D eigenvalue weighted by molar-refractivity contribution is -0.120. The Balaban J connectivity index is 1.86. The van der Waals surface area contributed by atoms with Crippen LogP contribution in [0.4, 0.5) is 11.4 Å². The average molecular weight is 258 g/mol. The highest BCUT2D eigenvalue weighted by Crippen LogP contribution is 2.38. The highest BCUT2D eigenvalue weighted by atomic mass is 16.1. The molecular formula is C15H18N2O2. The van der Waals surface area contributed by atoms with Crippen molar-refractivity contribution in [3.05, 3.63) is 24.3 Å². The molecule has 19 heavy (non-hydrogen) atoms. The van der Waals surface area contributed by atoms with E-state index in [9.17, 15) is 9.59 Å². The van der Waals surface area contributed by atoms with Crippen LogP contribution in [0.2, 0.25) is 0 Å². The van der Waals surface area contributed by atoms with Gasteiger partial charge in [0.15, 0.2) is 0 Å². The van der Waals surface area contributed by atoms with Crippen LogP contribution in [0.1, 0.15) is 32.6 Å². The molecule has 3 rings (SSSR count). The fraction of sp³-hybridized carbons (Fsp3) is 0.467. The predicted octanol–water partition coefficient (Wildman–Crippen LogP) is 2.35. The number of nitrogens with zero attached hydrogens (tertiary/aromatic N) is 1. The Hall–Kier alpha value is -1.84. The largest absolute Gasteiger partial charge is 0.365 e. The second kappa shape index (κ2) is 4.68. The van der Waals surface area contributed by atoms with Gasteiger partial charge < -0.3 is 10.2 Å². The third kappa shape index (κ3) is 2.35. The molecule has 1 aromatic rings. The number of nitrogens with one attached hydrogen (secondary N) is 1. The molecule has 0 radical (unpaired) electrons. The molecule has 0 spiro atoms. The number of rotatable bonds is 2. The van der Waals surface area contributed by atoms with Gasteiger partial charge in [-0.25, -0.2) is 0 Å². The van der Waals surface area contributed by atoms with Gasteiger partial charge in [0.25, 0.3) is 0 Å². The van der Waals surface area contributed by atoms with E-state index in [4.69, 9.17) is 0 Å². The zero-order valence-corrected chi connectivity index (χ0v) is 11.1. The molecule has 2 bridgehead atoms. The third-order valence-corrected chi connectivity index (χ3v) is 4.01. The minimum Gasteiger partial charge on any atom is -0.365 e. The maximum atomic E-state index is 11.6. The van der Waals surface area contributed by atoms with Gasteiger partial charge in [0, 0.05) is 43.2 Å². The van der Waals surface area contributed by atoms with Crippen molar-refractivity contribution >= 4 is 23.1 Å². The summed E-state index contributed by atoms with van der Waals surface area (Å²) in [4.78, 5) is 25.1. The maximum absolute atomic E-state index is 11.6. The summed E-state index contributed by atoms with van der Waals surface area (Å²) in [7, 11) is 0. The molecule has 0 aliphatic carbocycles. The van der Waals surface area contributed by atoms with Gasteiger partial charge in [0.05, 0.1) is 0 Å². The molecule has 1 amide bonds. The summed E-state index contributed by atoms with van der Waals surface area (Å²) in [6, 6.07) is 8.60. The van der Waals surface area contributed by atoms with Crippen LogP contribution in [0, 0.1) is 0 Å². The molecule has 0 aromatic heterocycles. The van der Waals surface area contributed by atoms with E-state index in [2.05, 4.69) is 16.3 Å². The van der Waals surface area contributed by atoms with Crippen LogP contribution in [0.3, 0.4) is 0 Å². The first kappa shape index (κ1) is 12.2. The molecule has 1 aromatic carbocycles. The Kier molecular flexibility index (Phi) is 3.01. The molecular weight excluding hydrogens is 240 g/mol. The van der Waals surface area contributed by atoms with Crippen LogP contribution < -0.4 is 10.2 Å². The van der Waals surface area contributed by atoms with Gasteiger partial charge in [-0.2, -0.15) is 0 Å². The van der Waals surface area contributed by atoms with Gasteiger partial charge in [0.1, 0.15) is 5.78 Å². The molecule has 2 heterocycles. The van der Waals surface area contributed by atoms with Crippen LogP contribution in [0.25, 0.3) is 0 Å². The summed E-state index contributed by atoms with van der Waals surface area (Å²) in [5.74, 6) is 0.329. The van der Waals surface area contributed by atoms with Gasteiger partial charge in [0.2, 0.25) is 5.91 Å². The van der Waals surface area contributed by atoms with E-state index in [1.54, 1.807) is 0 Å². The molecule has 1 N–H and O–H groups in total. The number of anilines is 2. The number of piperidine rings is 1. The third-order valence-electron chi connectivity index (χ3n) is 4.01. The number of carbonyl (C=O) groups is 2. The summed E-state index contributed by atoms with van der Waals surface area (Å²) in [5.41, 5.74) is 1.94. The summed E-state index contributed by atoms with van der Waals surface area (Å²) in [6.45, 7) is 1.51. The minimum absolute atomic E-state index is 0.0612. The molecule has 0 saturated carbocycles. The number of hydrogen-bond acceptors (Lipinski definition) is 3. The average Bonchev–Trinajstić information content (AvgIpc) is 2.61. The highest BCUT2D eigenvalue weighted by molar-refractivity contribution is 5.89. The quantitative estimate of drug-likeness (QED) is 0.885. The van der Waals surface area contributed by atoms with Crippen molar-refractivity contribution in [2.24, 2.45) is 0 Å². The summed E-state index contributed by atoms with van der Waals surface area (Å²) >= 11 is 0. The van der Waals surface area contributed by atoms with Crippen molar-refractivity contribution in [3.63, 3.8) is 0 Å². The summed E-state index contributed by atoms with van der Waals surface area (Å²) < 4.78 is 0. The van der Waals surface area contributed by atoms with Gasteiger partial charge in [-0.05, 0) is 31.0 Å². The van der Waals surface area contributed by atoms with E-state index >= 15 is 0 Å². The van der Waals surface area contributed by atoms with E-state index in [1.807, 2.05) is 18.2 Å². The zero-order chi connectivity index (χ0) is 13.4. The molecule has 2 saturated heterocycles. The van der Waals surface area contributed by atoms with Gasteiger partial charge in [-0.15, -0.1) is 0 Å². The van der Waals surface area contributed by atoms with Gasteiger partial charge >= 0.3 is 0 Å². The van der Waals surface area contributed by atoms with E-state index < -0.39 is 0 Å². The molecule has 2 aliphatic heterocycles. The van der Waals surface area contributed by atoms with Crippen molar-refractivity contribution < 1.29 is 9.59 Å². The number of amides is 1. The fourth-order valence-corrected chi connectivity index (χ4v) is 3.34. The monoisotopic (exact) mass is 258 g/mol. The summed E-state index contributed by atoms with van der Waals surface area (Å²) in [5, 5.41) is 2.81. The van der Waals surface area contributed by atoms with E-state index in [0.717, 1.165) is 24.2 Å². The van der Waals surface area contributed by atoms with Crippen molar-refractivity contribution in [1.82, 2.24) is 0 Å². The molecule has 2 atom stereocenters. The second-order valence-corrected chi connectivity index (χ2v) is 5.47. The van der Waals surface area contributed by atoms with Gasteiger partial charge in [-0.3, -0.25) is 9.59 Å². The van der Waals surface area contributed by atoms with E-state index in [0.29, 0.717) is 30.7 Å². The Bertz CT molecular complexity index is 511. The van der Waals surface area contributed by atoms with Crippen LogP contribution in [0.5, 0.6) is 0 Å². The highest BCUT2D eigenvalue weighted by Gasteiger charge is 2.40. The van der Waals surface area contributed by atoms with Crippen molar-refractivity contribution in [2.75, 3.05) is 10.2 Å². The van der Waals surface area contributed by atoms with Crippen molar-refractivity contribution in [1.29, 1.82) is 0 Å². The minimum atomic E-state index is -0.0612. The smallest absolute Gasteiger partial charge is 0.221 e. The molecule has 100 valence electrons. The van der Waals surface area contributed by atoms with E-state index in [1.165, 1.54) is 6.92 Å². The van der Waals surface area contributed by atoms with Crippen LogP contribution in [0.15, 0.2) is 24.3 Å². The first-order valence-corrected chi connectivity index (χ1v) is 6.81. The SMILES string of the molecule is CC(=O)Nc1cccc(N2C3CCC2CC(=O)C3)c1. The number of Topliss-reactive ketones (excluding diaryl/α,β-unsaturated/α-hetero) is 1. The molecule has 2 unspecified atom stereocenters. The molecule has 4 heteroatoms. The van der Waals surface area contributed by atoms with Crippen molar-refractivity contribution in [2.45, 2.75) is 44.7 Å². The Morgan fingerprint density at radius 3 is 2.58 bits per heavy atom. The molecule has 2 aliphatic rings. The first-order valence-electron chi connectivity index (χ1n) is 6.81. The second-order valence-electron chi connectivity index (χ2n) is 5.47. The van der Waals surface area contributed by atoms with Crippen molar-refractivity contribution in [3.8, 4) is 0 Å².